The topological polar surface area (TPSA) is 30.7 Å². The Kier molecular flexibility index (Phi) is 3.93. The number of halogens is 3. The van der Waals surface area contributed by atoms with Gasteiger partial charge in [-0.15, -0.1) is 0 Å². The van der Waals surface area contributed by atoms with E-state index in [0.29, 0.717) is 21.4 Å². The van der Waals surface area contributed by atoms with Crippen LogP contribution in [0.15, 0.2) is 60.8 Å². The highest BCUT2D eigenvalue weighted by atomic mass is 35.5. The molecule has 0 N–H and O–H groups in total. The summed E-state index contributed by atoms with van der Waals surface area (Å²) < 4.78 is 1.49. The van der Waals surface area contributed by atoms with Crippen LogP contribution in [0.1, 0.15) is 0 Å². The highest BCUT2D eigenvalue weighted by Crippen LogP contribution is 2.34. The quantitative estimate of drug-likeness (QED) is 0.426. The maximum atomic E-state index is 6.45. The van der Waals surface area contributed by atoms with E-state index in [-0.39, 0.29) is 0 Å². The van der Waals surface area contributed by atoms with Gasteiger partial charge in [0.2, 0.25) is 0 Å². The zero-order valence-corrected chi connectivity index (χ0v) is 14.5. The van der Waals surface area contributed by atoms with Crippen LogP contribution in [-0.2, 0) is 0 Å². The standard InChI is InChI=1S/C18H10Cl3N3/c19-13-4-3-6-16-17(13)23-18(24(16)21)11-7-8-12(14(20)10-11)15-5-1-2-9-22-15/h1-10H. The van der Waals surface area contributed by atoms with E-state index in [2.05, 4.69) is 9.97 Å². The van der Waals surface area contributed by atoms with Gasteiger partial charge < -0.3 is 0 Å². The molecule has 0 aliphatic heterocycles. The Morgan fingerprint density at radius 1 is 0.875 bits per heavy atom. The van der Waals surface area contributed by atoms with Crippen molar-refractivity contribution in [3.63, 3.8) is 0 Å². The van der Waals surface area contributed by atoms with Crippen LogP contribution in [-0.4, -0.2) is 14.1 Å². The third-order valence-corrected chi connectivity index (χ3v) is 4.71. The molecule has 0 saturated carbocycles. The summed E-state index contributed by atoms with van der Waals surface area (Å²) in [7, 11) is 0. The summed E-state index contributed by atoms with van der Waals surface area (Å²) >= 11 is 19.1. The van der Waals surface area contributed by atoms with Gasteiger partial charge in [0.15, 0.2) is 5.82 Å². The molecule has 0 bridgehead atoms. The smallest absolute Gasteiger partial charge is 0.155 e. The lowest BCUT2D eigenvalue weighted by atomic mass is 10.1. The first-order valence-electron chi connectivity index (χ1n) is 7.19. The molecular formula is C18H10Cl3N3. The molecule has 0 aliphatic rings. The van der Waals surface area contributed by atoms with Crippen LogP contribution in [0.5, 0.6) is 0 Å². The van der Waals surface area contributed by atoms with Gasteiger partial charge in [0.25, 0.3) is 0 Å². The molecular weight excluding hydrogens is 365 g/mol. The molecule has 24 heavy (non-hydrogen) atoms. The minimum absolute atomic E-state index is 0.560. The molecule has 4 rings (SSSR count). The zero-order chi connectivity index (χ0) is 16.7. The number of fused-ring (bicyclic) bond motifs is 1. The number of pyridine rings is 1. The first-order chi connectivity index (χ1) is 11.6. The second kappa shape index (κ2) is 6.10. The summed E-state index contributed by atoms with van der Waals surface area (Å²) in [6.07, 6.45) is 1.74. The van der Waals surface area contributed by atoms with Crippen LogP contribution in [0.4, 0.5) is 0 Å². The molecule has 2 heterocycles. The number of benzene rings is 2. The van der Waals surface area contributed by atoms with Crippen molar-refractivity contribution in [3.05, 3.63) is 70.8 Å². The van der Waals surface area contributed by atoms with E-state index in [1.54, 1.807) is 12.3 Å². The number of imidazole rings is 1. The lowest BCUT2D eigenvalue weighted by Crippen LogP contribution is -1.89. The molecule has 118 valence electrons. The fourth-order valence-corrected chi connectivity index (χ4v) is 3.36. The van der Waals surface area contributed by atoms with Crippen LogP contribution in [0.2, 0.25) is 10.0 Å². The van der Waals surface area contributed by atoms with Crippen molar-refractivity contribution in [2.45, 2.75) is 0 Å². The summed E-state index contributed by atoms with van der Waals surface area (Å²) in [5, 5.41) is 1.14. The van der Waals surface area contributed by atoms with Gasteiger partial charge in [-0.2, -0.15) is 0 Å². The number of rotatable bonds is 2. The first-order valence-corrected chi connectivity index (χ1v) is 8.29. The van der Waals surface area contributed by atoms with E-state index in [4.69, 9.17) is 35.0 Å². The average Bonchev–Trinajstić information content (AvgIpc) is 2.94. The maximum Gasteiger partial charge on any atom is 0.155 e. The Morgan fingerprint density at radius 2 is 1.75 bits per heavy atom. The van der Waals surface area contributed by atoms with Crippen LogP contribution < -0.4 is 0 Å². The van der Waals surface area contributed by atoms with Gasteiger partial charge in [0.1, 0.15) is 5.52 Å². The van der Waals surface area contributed by atoms with Crippen molar-refractivity contribution < 1.29 is 0 Å². The molecule has 0 amide bonds. The Labute approximate surface area is 153 Å². The van der Waals surface area contributed by atoms with Gasteiger partial charge in [-0.3, -0.25) is 4.98 Å². The van der Waals surface area contributed by atoms with Gasteiger partial charge in [-0.05, 0) is 30.3 Å². The van der Waals surface area contributed by atoms with Crippen molar-refractivity contribution in [2.24, 2.45) is 0 Å². The summed E-state index contributed by atoms with van der Waals surface area (Å²) in [6.45, 7) is 0. The van der Waals surface area contributed by atoms with Crippen molar-refractivity contribution in [1.82, 2.24) is 14.1 Å². The molecule has 0 aliphatic carbocycles. The molecule has 0 saturated heterocycles. The largest absolute Gasteiger partial charge is 0.256 e. The number of hydrogen-bond donors (Lipinski definition) is 0. The molecule has 0 fully saturated rings. The molecule has 2 aromatic heterocycles. The predicted octanol–water partition coefficient (Wildman–Crippen LogP) is 6.07. The Balaban J connectivity index is 1.85. The van der Waals surface area contributed by atoms with Crippen LogP contribution in [0, 0.1) is 0 Å². The highest BCUT2D eigenvalue weighted by Gasteiger charge is 2.15. The molecule has 4 aromatic rings. The van der Waals surface area contributed by atoms with Crippen molar-refractivity contribution >= 4 is 46.0 Å². The van der Waals surface area contributed by atoms with E-state index >= 15 is 0 Å². The molecule has 0 radical (unpaired) electrons. The van der Waals surface area contributed by atoms with Gasteiger partial charge >= 0.3 is 0 Å². The second-order valence-electron chi connectivity index (χ2n) is 5.23. The molecule has 3 nitrogen and oxygen atoms in total. The van der Waals surface area contributed by atoms with E-state index < -0.39 is 0 Å². The van der Waals surface area contributed by atoms with Gasteiger partial charge in [-0.1, -0.05) is 47.5 Å². The Morgan fingerprint density at radius 3 is 2.46 bits per heavy atom. The van der Waals surface area contributed by atoms with Crippen molar-refractivity contribution in [3.8, 4) is 22.6 Å². The molecule has 0 atom stereocenters. The lowest BCUT2D eigenvalue weighted by molar-refractivity contribution is 1.25. The van der Waals surface area contributed by atoms with E-state index in [1.807, 2.05) is 48.5 Å². The van der Waals surface area contributed by atoms with Crippen molar-refractivity contribution in [1.29, 1.82) is 0 Å². The minimum atomic E-state index is 0.560. The molecule has 0 spiro atoms. The minimum Gasteiger partial charge on any atom is -0.256 e. The third-order valence-electron chi connectivity index (χ3n) is 3.75. The Bertz CT molecular complexity index is 1040. The zero-order valence-electron chi connectivity index (χ0n) is 12.2. The van der Waals surface area contributed by atoms with Gasteiger partial charge in [-0.25, -0.2) is 9.07 Å². The van der Waals surface area contributed by atoms with Crippen LogP contribution in [0.25, 0.3) is 33.7 Å². The summed E-state index contributed by atoms with van der Waals surface area (Å²) in [5.74, 6) is 0.592. The number of nitrogens with zero attached hydrogens (tertiary/aromatic N) is 3. The normalized spacial score (nSPS) is 11.1. The number of aromatic nitrogens is 3. The summed E-state index contributed by atoms with van der Waals surface area (Å²) in [4.78, 5) is 8.88. The fraction of sp³-hybridized carbons (Fsp3) is 0. The highest BCUT2D eigenvalue weighted by molar-refractivity contribution is 6.36. The monoisotopic (exact) mass is 373 g/mol. The van der Waals surface area contributed by atoms with Crippen molar-refractivity contribution in [2.75, 3.05) is 0 Å². The third kappa shape index (κ3) is 2.55. The predicted molar refractivity (Wildman–Crippen MR) is 99.7 cm³/mol. The van der Waals surface area contributed by atoms with E-state index in [1.165, 1.54) is 4.09 Å². The second-order valence-corrected chi connectivity index (χ2v) is 6.39. The van der Waals surface area contributed by atoms with E-state index in [0.717, 1.165) is 22.3 Å². The molecule has 2 aromatic carbocycles. The van der Waals surface area contributed by atoms with Gasteiger partial charge in [0.05, 0.1) is 21.3 Å². The van der Waals surface area contributed by atoms with Crippen LogP contribution in [0.3, 0.4) is 0 Å². The summed E-state index contributed by atoms with van der Waals surface area (Å²) in [6, 6.07) is 16.9. The Hall–Kier alpha value is -2.07. The average molecular weight is 375 g/mol. The SMILES string of the molecule is Clc1cc(-c2nc3c(Cl)cccc3n2Cl)ccc1-c1ccccn1. The summed E-state index contributed by atoms with van der Waals surface area (Å²) in [5.41, 5.74) is 3.90. The first kappa shape index (κ1) is 15.5. The molecule has 0 unspecified atom stereocenters. The van der Waals surface area contributed by atoms with Gasteiger partial charge in [0, 0.05) is 29.1 Å². The fourth-order valence-electron chi connectivity index (χ4n) is 2.60. The molecule has 6 heteroatoms. The number of hydrogen-bond acceptors (Lipinski definition) is 2. The van der Waals surface area contributed by atoms with Crippen LogP contribution >= 0.6 is 35.0 Å². The lowest BCUT2D eigenvalue weighted by Gasteiger charge is -2.06. The number of para-hydroxylation sites is 1. The van der Waals surface area contributed by atoms with E-state index in [9.17, 15) is 0 Å². The maximum absolute atomic E-state index is 6.45.